The van der Waals surface area contributed by atoms with E-state index in [1.165, 1.54) is 6.07 Å². The molecule has 122 valence electrons. The van der Waals surface area contributed by atoms with Crippen LogP contribution in [0.25, 0.3) is 0 Å². The third-order valence-electron chi connectivity index (χ3n) is 3.65. The number of nitrogens with one attached hydrogen (secondary N) is 1. The zero-order valence-electron chi connectivity index (χ0n) is 13.1. The summed E-state index contributed by atoms with van der Waals surface area (Å²) in [5, 5.41) is 12.8. The van der Waals surface area contributed by atoms with Crippen LogP contribution in [0.1, 0.15) is 43.4 Å². The number of amides is 1. The molecule has 0 fully saturated rings. The summed E-state index contributed by atoms with van der Waals surface area (Å²) in [6.45, 7) is 2.13. The molecule has 0 aliphatic heterocycles. The molecule has 1 aromatic heterocycles. The highest BCUT2D eigenvalue weighted by Gasteiger charge is 2.15. The van der Waals surface area contributed by atoms with Crippen LogP contribution in [0, 0.1) is 0 Å². The number of unbranched alkanes of at least 4 members (excludes halogenated alkanes) is 1. The Morgan fingerprint density at radius 2 is 2.22 bits per heavy atom. The van der Waals surface area contributed by atoms with E-state index in [9.17, 15) is 9.90 Å². The van der Waals surface area contributed by atoms with Crippen LogP contribution in [0.5, 0.6) is 5.75 Å². The minimum atomic E-state index is -0.0725. The maximum atomic E-state index is 12.3. The van der Waals surface area contributed by atoms with Crippen molar-refractivity contribution in [2.75, 3.05) is 0 Å². The zero-order valence-corrected chi connectivity index (χ0v) is 13.9. The van der Waals surface area contributed by atoms with E-state index in [2.05, 4.69) is 17.2 Å². The topological polar surface area (TPSA) is 62.2 Å². The first kappa shape index (κ1) is 17.3. The second-order valence-electron chi connectivity index (χ2n) is 5.51. The number of benzene rings is 1. The summed E-state index contributed by atoms with van der Waals surface area (Å²) in [5.41, 5.74) is 1.78. The normalized spacial score (nSPS) is 11.9. The van der Waals surface area contributed by atoms with Gasteiger partial charge in [-0.3, -0.25) is 9.78 Å². The van der Waals surface area contributed by atoms with Crippen LogP contribution in [0.15, 0.2) is 42.7 Å². The lowest BCUT2D eigenvalue weighted by molar-refractivity contribution is -0.121. The molecule has 0 saturated carbocycles. The van der Waals surface area contributed by atoms with Crippen LogP contribution in [-0.2, 0) is 11.2 Å². The van der Waals surface area contributed by atoms with Crippen molar-refractivity contribution in [3.8, 4) is 5.75 Å². The summed E-state index contributed by atoms with van der Waals surface area (Å²) in [6, 6.07) is 8.63. The fourth-order valence-corrected chi connectivity index (χ4v) is 2.61. The van der Waals surface area contributed by atoms with Crippen LogP contribution in [0.4, 0.5) is 0 Å². The van der Waals surface area contributed by atoms with E-state index < -0.39 is 0 Å². The van der Waals surface area contributed by atoms with Crippen molar-refractivity contribution in [1.29, 1.82) is 0 Å². The van der Waals surface area contributed by atoms with Crippen LogP contribution >= 0.6 is 11.6 Å². The SMILES string of the molecule is CCCCC(NC(=O)Cc1ccc(O)c(Cl)c1)c1cccnc1. The Morgan fingerprint density at radius 3 is 2.87 bits per heavy atom. The molecule has 2 aromatic rings. The molecule has 1 atom stereocenters. The molecule has 1 amide bonds. The molecular formula is C18H21ClN2O2. The predicted octanol–water partition coefficient (Wildman–Crippen LogP) is 4.03. The Labute approximate surface area is 141 Å². The first-order chi connectivity index (χ1) is 11.1. The van der Waals surface area contributed by atoms with Gasteiger partial charge < -0.3 is 10.4 Å². The molecule has 4 nitrogen and oxygen atoms in total. The summed E-state index contributed by atoms with van der Waals surface area (Å²) < 4.78 is 0. The number of hydrogen-bond acceptors (Lipinski definition) is 3. The highest BCUT2D eigenvalue weighted by molar-refractivity contribution is 6.32. The Morgan fingerprint density at radius 1 is 1.39 bits per heavy atom. The number of phenolic OH excluding ortho intramolecular Hbond substituents is 1. The number of halogens is 1. The second-order valence-corrected chi connectivity index (χ2v) is 5.92. The summed E-state index contributed by atoms with van der Waals surface area (Å²) in [5.74, 6) is -0.0521. The van der Waals surface area contributed by atoms with Gasteiger partial charge in [0.15, 0.2) is 0 Å². The summed E-state index contributed by atoms with van der Waals surface area (Å²) in [7, 11) is 0. The van der Waals surface area contributed by atoms with Gasteiger partial charge in [0.25, 0.3) is 0 Å². The van der Waals surface area contributed by atoms with Crippen LogP contribution in [0.3, 0.4) is 0 Å². The predicted molar refractivity (Wildman–Crippen MR) is 91.5 cm³/mol. The molecule has 1 heterocycles. The van der Waals surface area contributed by atoms with E-state index in [0.717, 1.165) is 30.4 Å². The largest absolute Gasteiger partial charge is 0.506 e. The molecule has 23 heavy (non-hydrogen) atoms. The van der Waals surface area contributed by atoms with Crippen molar-refractivity contribution in [2.45, 2.75) is 38.6 Å². The second kappa shape index (κ2) is 8.53. The smallest absolute Gasteiger partial charge is 0.224 e. The van der Waals surface area contributed by atoms with Crippen LogP contribution in [0.2, 0.25) is 5.02 Å². The fourth-order valence-electron chi connectivity index (χ4n) is 2.40. The molecular weight excluding hydrogens is 312 g/mol. The van der Waals surface area contributed by atoms with E-state index in [1.807, 2.05) is 12.1 Å². The average molecular weight is 333 g/mol. The number of pyridine rings is 1. The molecule has 2 N–H and O–H groups in total. The minimum Gasteiger partial charge on any atom is -0.506 e. The van der Waals surface area contributed by atoms with E-state index >= 15 is 0 Å². The average Bonchev–Trinajstić information content (AvgIpc) is 2.55. The van der Waals surface area contributed by atoms with Gasteiger partial charge in [0.05, 0.1) is 17.5 Å². The Bertz CT molecular complexity index is 647. The number of nitrogens with zero attached hydrogens (tertiary/aromatic N) is 1. The van der Waals surface area contributed by atoms with E-state index in [-0.39, 0.29) is 29.1 Å². The van der Waals surface area contributed by atoms with Gasteiger partial charge in [0.1, 0.15) is 5.75 Å². The third kappa shape index (κ3) is 5.25. The quantitative estimate of drug-likeness (QED) is 0.804. The zero-order chi connectivity index (χ0) is 16.7. The van der Waals surface area contributed by atoms with Crippen molar-refractivity contribution in [3.05, 3.63) is 58.9 Å². The monoisotopic (exact) mass is 332 g/mol. The first-order valence-corrected chi connectivity index (χ1v) is 8.14. The molecule has 1 aromatic carbocycles. The van der Waals surface area contributed by atoms with E-state index in [4.69, 9.17) is 11.6 Å². The Balaban J connectivity index is 2.03. The lowest BCUT2D eigenvalue weighted by Gasteiger charge is -2.19. The van der Waals surface area contributed by atoms with E-state index in [0.29, 0.717) is 0 Å². The van der Waals surface area contributed by atoms with Gasteiger partial charge in [-0.05, 0) is 35.7 Å². The Kier molecular flexibility index (Phi) is 6.41. The number of carbonyl (C=O) groups excluding carboxylic acids is 1. The highest BCUT2D eigenvalue weighted by atomic mass is 35.5. The molecule has 1 unspecified atom stereocenters. The lowest BCUT2D eigenvalue weighted by Crippen LogP contribution is -2.30. The maximum Gasteiger partial charge on any atom is 0.224 e. The highest BCUT2D eigenvalue weighted by Crippen LogP contribution is 2.24. The van der Waals surface area contributed by atoms with Crippen LogP contribution < -0.4 is 5.32 Å². The van der Waals surface area contributed by atoms with Gasteiger partial charge >= 0.3 is 0 Å². The molecule has 0 saturated heterocycles. The molecule has 0 spiro atoms. The number of carbonyl (C=O) groups is 1. The minimum absolute atomic E-state index is 0.0204. The van der Waals surface area contributed by atoms with Gasteiger partial charge in [0.2, 0.25) is 5.91 Å². The van der Waals surface area contributed by atoms with Crippen molar-refractivity contribution < 1.29 is 9.90 Å². The molecule has 0 aliphatic rings. The third-order valence-corrected chi connectivity index (χ3v) is 3.95. The molecule has 0 bridgehead atoms. The number of rotatable bonds is 7. The van der Waals surface area contributed by atoms with Crippen molar-refractivity contribution in [1.82, 2.24) is 10.3 Å². The Hall–Kier alpha value is -2.07. The number of hydrogen-bond donors (Lipinski definition) is 2. The van der Waals surface area contributed by atoms with Gasteiger partial charge in [-0.15, -0.1) is 0 Å². The first-order valence-electron chi connectivity index (χ1n) is 7.76. The maximum absolute atomic E-state index is 12.3. The summed E-state index contributed by atoms with van der Waals surface area (Å²) in [6.07, 6.45) is 6.72. The van der Waals surface area contributed by atoms with Gasteiger partial charge in [-0.1, -0.05) is 43.5 Å². The molecule has 2 rings (SSSR count). The standard InChI is InChI=1S/C18H21ClN2O2/c1-2-3-6-16(14-5-4-9-20-12-14)21-18(23)11-13-7-8-17(22)15(19)10-13/h4-5,7-10,12,16,22H,2-3,6,11H2,1H3,(H,21,23). The van der Waals surface area contributed by atoms with Gasteiger partial charge in [-0.2, -0.15) is 0 Å². The van der Waals surface area contributed by atoms with Crippen molar-refractivity contribution in [2.24, 2.45) is 0 Å². The van der Waals surface area contributed by atoms with Crippen molar-refractivity contribution >= 4 is 17.5 Å². The number of aromatic nitrogens is 1. The van der Waals surface area contributed by atoms with Gasteiger partial charge in [-0.25, -0.2) is 0 Å². The molecule has 0 aliphatic carbocycles. The number of phenols is 1. The summed E-state index contributed by atoms with van der Waals surface area (Å²) in [4.78, 5) is 16.4. The molecule has 0 radical (unpaired) electrons. The fraction of sp³-hybridized carbons (Fsp3) is 0.333. The molecule has 5 heteroatoms. The van der Waals surface area contributed by atoms with Crippen LogP contribution in [-0.4, -0.2) is 16.0 Å². The lowest BCUT2D eigenvalue weighted by atomic mass is 10.0. The summed E-state index contributed by atoms with van der Waals surface area (Å²) >= 11 is 5.88. The van der Waals surface area contributed by atoms with E-state index in [1.54, 1.807) is 24.5 Å². The number of aromatic hydroxyl groups is 1. The van der Waals surface area contributed by atoms with Gasteiger partial charge in [0, 0.05) is 12.4 Å². The van der Waals surface area contributed by atoms with Crippen molar-refractivity contribution in [3.63, 3.8) is 0 Å².